The van der Waals surface area contributed by atoms with E-state index in [1.807, 2.05) is 20.8 Å². The average molecular weight is 284 g/mol. The lowest BCUT2D eigenvalue weighted by Crippen LogP contribution is -2.37. The summed E-state index contributed by atoms with van der Waals surface area (Å²) >= 11 is 0. The molecule has 0 aromatic carbocycles. The van der Waals surface area contributed by atoms with E-state index in [1.54, 1.807) is 0 Å². The maximum Gasteiger partial charge on any atom is 0.306 e. The van der Waals surface area contributed by atoms with E-state index in [1.165, 1.54) is 0 Å². The third kappa shape index (κ3) is 7.48. The zero-order chi connectivity index (χ0) is 15.2. The summed E-state index contributed by atoms with van der Waals surface area (Å²) in [6, 6.07) is 0. The lowest BCUT2D eigenvalue weighted by atomic mass is 9.97. The van der Waals surface area contributed by atoms with Crippen molar-refractivity contribution >= 4 is 11.9 Å². The Bertz CT molecular complexity index is 329. The highest BCUT2D eigenvalue weighted by molar-refractivity contribution is 5.81. The van der Waals surface area contributed by atoms with E-state index in [4.69, 9.17) is 4.74 Å². The van der Waals surface area contributed by atoms with Crippen LogP contribution in [-0.4, -0.2) is 49.1 Å². The Balaban J connectivity index is 2.13. The molecule has 1 saturated heterocycles. The van der Waals surface area contributed by atoms with E-state index in [-0.39, 0.29) is 24.7 Å². The molecule has 0 unspecified atom stereocenters. The van der Waals surface area contributed by atoms with Crippen molar-refractivity contribution in [2.24, 2.45) is 5.92 Å². The van der Waals surface area contributed by atoms with Crippen molar-refractivity contribution < 1.29 is 14.3 Å². The first-order chi connectivity index (χ1) is 9.26. The summed E-state index contributed by atoms with van der Waals surface area (Å²) in [5.41, 5.74) is -0.484. The van der Waals surface area contributed by atoms with Crippen LogP contribution in [-0.2, 0) is 14.3 Å². The van der Waals surface area contributed by atoms with Crippen LogP contribution in [0.3, 0.4) is 0 Å². The van der Waals surface area contributed by atoms with Gasteiger partial charge in [0.15, 0.2) is 0 Å². The van der Waals surface area contributed by atoms with Gasteiger partial charge < -0.3 is 15.0 Å². The van der Waals surface area contributed by atoms with Gasteiger partial charge in [0, 0.05) is 13.0 Å². The Labute approximate surface area is 122 Å². The molecule has 0 radical (unpaired) electrons. The molecule has 20 heavy (non-hydrogen) atoms. The van der Waals surface area contributed by atoms with Crippen molar-refractivity contribution in [3.63, 3.8) is 0 Å². The fraction of sp³-hybridized carbons (Fsp3) is 0.867. The summed E-state index contributed by atoms with van der Waals surface area (Å²) in [5, 5.41) is 2.92. The number of carbonyl (C=O) groups is 2. The van der Waals surface area contributed by atoms with Gasteiger partial charge in [0.25, 0.3) is 0 Å². The molecule has 1 amide bonds. The Kier molecular flexibility index (Phi) is 6.46. The van der Waals surface area contributed by atoms with E-state index in [9.17, 15) is 9.59 Å². The molecule has 0 bridgehead atoms. The molecular formula is C15H28N2O3. The summed E-state index contributed by atoms with van der Waals surface area (Å²) in [4.78, 5) is 25.5. The molecule has 1 aliphatic rings. The molecule has 0 aliphatic carbocycles. The minimum absolute atomic E-state index is 0.0604. The Morgan fingerprint density at radius 3 is 2.35 bits per heavy atom. The van der Waals surface area contributed by atoms with E-state index in [2.05, 4.69) is 17.3 Å². The fourth-order valence-corrected chi connectivity index (χ4v) is 2.22. The van der Waals surface area contributed by atoms with Gasteiger partial charge in [-0.2, -0.15) is 0 Å². The Morgan fingerprint density at radius 2 is 1.80 bits per heavy atom. The Morgan fingerprint density at radius 1 is 1.20 bits per heavy atom. The highest BCUT2D eigenvalue weighted by Gasteiger charge is 2.19. The van der Waals surface area contributed by atoms with Crippen LogP contribution in [0.1, 0.15) is 46.5 Å². The fourth-order valence-electron chi connectivity index (χ4n) is 2.22. The molecule has 0 aromatic heterocycles. The van der Waals surface area contributed by atoms with Gasteiger partial charge in [0.2, 0.25) is 5.91 Å². The monoisotopic (exact) mass is 284 g/mol. The Hall–Kier alpha value is -1.10. The SMILES string of the molecule is CN1CCC(CNC(=O)CCC(=O)OC(C)(C)C)CC1. The summed E-state index contributed by atoms with van der Waals surface area (Å²) in [6.45, 7) is 8.39. The summed E-state index contributed by atoms with van der Waals surface area (Å²) in [5.74, 6) is 0.193. The first-order valence-electron chi connectivity index (χ1n) is 7.43. The molecule has 5 heteroatoms. The van der Waals surface area contributed by atoms with Crippen molar-refractivity contribution in [1.29, 1.82) is 0 Å². The summed E-state index contributed by atoms with van der Waals surface area (Å²) in [7, 11) is 2.12. The zero-order valence-corrected chi connectivity index (χ0v) is 13.2. The first-order valence-corrected chi connectivity index (χ1v) is 7.43. The second kappa shape index (κ2) is 7.62. The van der Waals surface area contributed by atoms with Gasteiger partial charge in [-0.15, -0.1) is 0 Å². The van der Waals surface area contributed by atoms with E-state index >= 15 is 0 Å². The number of ether oxygens (including phenoxy) is 1. The van der Waals surface area contributed by atoms with Gasteiger partial charge in [-0.1, -0.05) is 0 Å². The van der Waals surface area contributed by atoms with Gasteiger partial charge in [-0.3, -0.25) is 9.59 Å². The smallest absolute Gasteiger partial charge is 0.306 e. The number of rotatable bonds is 5. The van der Waals surface area contributed by atoms with Gasteiger partial charge in [-0.25, -0.2) is 0 Å². The van der Waals surface area contributed by atoms with Crippen LogP contribution in [0.5, 0.6) is 0 Å². The van der Waals surface area contributed by atoms with Crippen molar-refractivity contribution in [3.05, 3.63) is 0 Å². The van der Waals surface area contributed by atoms with E-state index in [0.29, 0.717) is 5.92 Å². The van der Waals surface area contributed by atoms with Crippen LogP contribution in [0.15, 0.2) is 0 Å². The summed E-state index contributed by atoms with van der Waals surface area (Å²) in [6.07, 6.45) is 2.61. The molecule has 1 fully saturated rings. The number of nitrogens with one attached hydrogen (secondary N) is 1. The van der Waals surface area contributed by atoms with Crippen molar-refractivity contribution in [1.82, 2.24) is 10.2 Å². The minimum Gasteiger partial charge on any atom is -0.460 e. The number of hydrogen-bond donors (Lipinski definition) is 1. The van der Waals surface area contributed by atoms with Crippen LogP contribution >= 0.6 is 0 Å². The largest absolute Gasteiger partial charge is 0.460 e. The van der Waals surface area contributed by atoms with Gasteiger partial charge >= 0.3 is 5.97 Å². The average Bonchev–Trinajstić information content (AvgIpc) is 2.33. The highest BCUT2D eigenvalue weighted by Crippen LogP contribution is 2.14. The predicted octanol–water partition coefficient (Wildman–Crippen LogP) is 1.57. The van der Waals surface area contributed by atoms with Gasteiger partial charge in [0.05, 0.1) is 6.42 Å². The van der Waals surface area contributed by atoms with Crippen molar-refractivity contribution in [2.45, 2.75) is 52.1 Å². The summed E-state index contributed by atoms with van der Waals surface area (Å²) < 4.78 is 5.17. The molecule has 0 spiro atoms. The number of piperidine rings is 1. The lowest BCUT2D eigenvalue weighted by molar-refractivity contribution is -0.155. The molecule has 1 aliphatic heterocycles. The van der Waals surface area contributed by atoms with Crippen LogP contribution < -0.4 is 5.32 Å². The molecule has 5 nitrogen and oxygen atoms in total. The third-order valence-corrected chi connectivity index (χ3v) is 3.40. The normalized spacial score (nSPS) is 17.8. The van der Waals surface area contributed by atoms with Crippen LogP contribution in [0.4, 0.5) is 0 Å². The number of nitrogens with zero attached hydrogens (tertiary/aromatic N) is 1. The van der Waals surface area contributed by atoms with Crippen LogP contribution in [0, 0.1) is 5.92 Å². The maximum atomic E-state index is 11.7. The molecule has 1 rings (SSSR count). The minimum atomic E-state index is -0.484. The molecule has 0 atom stereocenters. The highest BCUT2D eigenvalue weighted by atomic mass is 16.6. The zero-order valence-electron chi connectivity index (χ0n) is 13.2. The second-order valence-electron chi connectivity index (χ2n) is 6.64. The molecule has 116 valence electrons. The molecular weight excluding hydrogens is 256 g/mol. The van der Waals surface area contributed by atoms with Gasteiger partial charge in [0.1, 0.15) is 5.60 Å². The molecule has 0 saturated carbocycles. The van der Waals surface area contributed by atoms with Crippen molar-refractivity contribution in [3.8, 4) is 0 Å². The van der Waals surface area contributed by atoms with E-state index < -0.39 is 5.60 Å². The third-order valence-electron chi connectivity index (χ3n) is 3.40. The number of hydrogen-bond acceptors (Lipinski definition) is 4. The van der Waals surface area contributed by atoms with Crippen molar-refractivity contribution in [2.75, 3.05) is 26.7 Å². The quantitative estimate of drug-likeness (QED) is 0.779. The van der Waals surface area contributed by atoms with E-state index in [0.717, 1.165) is 32.5 Å². The maximum absolute atomic E-state index is 11.7. The van der Waals surface area contributed by atoms with Crippen LogP contribution in [0.25, 0.3) is 0 Å². The second-order valence-corrected chi connectivity index (χ2v) is 6.64. The van der Waals surface area contributed by atoms with Crippen LogP contribution in [0.2, 0.25) is 0 Å². The standard InChI is InChI=1S/C15H28N2O3/c1-15(2,3)20-14(19)6-5-13(18)16-11-12-7-9-17(4)10-8-12/h12H,5-11H2,1-4H3,(H,16,18). The number of esters is 1. The molecule has 0 aromatic rings. The lowest BCUT2D eigenvalue weighted by Gasteiger charge is -2.28. The number of carbonyl (C=O) groups excluding carboxylic acids is 2. The molecule has 1 heterocycles. The first kappa shape index (κ1) is 17.0. The number of likely N-dealkylation sites (tertiary alicyclic amines) is 1. The predicted molar refractivity (Wildman–Crippen MR) is 78.3 cm³/mol. The molecule has 1 N–H and O–H groups in total. The van der Waals surface area contributed by atoms with Gasteiger partial charge in [-0.05, 0) is 59.7 Å². The topological polar surface area (TPSA) is 58.6 Å². The number of amides is 1.